The molecule has 1 saturated heterocycles. The second-order valence-electron chi connectivity index (χ2n) is 4.43. The highest BCUT2D eigenvalue weighted by Gasteiger charge is 2.15. The second kappa shape index (κ2) is 7.07. The van der Waals surface area contributed by atoms with E-state index in [-0.39, 0.29) is 5.91 Å². The van der Waals surface area contributed by atoms with Gasteiger partial charge in [-0.3, -0.25) is 4.79 Å². The van der Waals surface area contributed by atoms with Crippen LogP contribution < -0.4 is 5.32 Å². The van der Waals surface area contributed by atoms with Crippen LogP contribution >= 0.6 is 22.9 Å². The van der Waals surface area contributed by atoms with Crippen LogP contribution in [0.5, 0.6) is 0 Å². The fourth-order valence-electron chi connectivity index (χ4n) is 1.92. The second-order valence-corrected chi connectivity index (χ2v) is 5.64. The number of alkyl halides is 1. The fraction of sp³-hybridized carbons (Fsp3) is 0.667. The number of nitrogens with one attached hydrogen (secondary N) is 1. The number of carbonyl (C=O) groups excluding carboxylic acids is 1. The molecule has 100 valence electrons. The summed E-state index contributed by atoms with van der Waals surface area (Å²) >= 11 is 7.15. The molecule has 1 aromatic rings. The Morgan fingerprint density at radius 3 is 3.22 bits per heavy atom. The van der Waals surface area contributed by atoms with Gasteiger partial charge in [0.05, 0.1) is 24.6 Å². The summed E-state index contributed by atoms with van der Waals surface area (Å²) in [6.45, 7) is 2.31. The van der Waals surface area contributed by atoms with Gasteiger partial charge in [0.15, 0.2) is 0 Å². The van der Waals surface area contributed by atoms with Crippen LogP contribution in [0.1, 0.15) is 23.5 Å². The van der Waals surface area contributed by atoms with Crippen LogP contribution in [-0.2, 0) is 21.8 Å². The third kappa shape index (κ3) is 4.23. The van der Waals surface area contributed by atoms with Gasteiger partial charge in [0.25, 0.3) is 0 Å². The van der Waals surface area contributed by atoms with Crippen molar-refractivity contribution in [3.63, 3.8) is 0 Å². The molecule has 0 aliphatic carbocycles. The number of amides is 1. The van der Waals surface area contributed by atoms with Crippen molar-refractivity contribution in [2.24, 2.45) is 5.92 Å². The molecular weight excluding hydrogens is 272 g/mol. The molecule has 0 radical (unpaired) electrons. The average molecular weight is 289 g/mol. The van der Waals surface area contributed by atoms with E-state index in [4.69, 9.17) is 16.3 Å². The predicted molar refractivity (Wildman–Crippen MR) is 71.9 cm³/mol. The molecule has 0 saturated carbocycles. The number of nitrogens with zero attached hydrogens (tertiary/aromatic N) is 1. The summed E-state index contributed by atoms with van der Waals surface area (Å²) in [5.74, 6) is 0.880. The summed E-state index contributed by atoms with van der Waals surface area (Å²) in [7, 11) is 0. The number of rotatable bonds is 5. The van der Waals surface area contributed by atoms with E-state index in [1.807, 2.05) is 5.38 Å². The lowest BCUT2D eigenvalue weighted by Gasteiger charge is -2.22. The molecule has 1 N–H and O–H groups in total. The highest BCUT2D eigenvalue weighted by molar-refractivity contribution is 7.09. The maximum Gasteiger partial charge on any atom is 0.226 e. The van der Waals surface area contributed by atoms with E-state index >= 15 is 0 Å². The first kappa shape index (κ1) is 13.8. The molecule has 1 atom stereocenters. The first-order chi connectivity index (χ1) is 8.78. The zero-order valence-electron chi connectivity index (χ0n) is 10.2. The number of thiazole rings is 1. The van der Waals surface area contributed by atoms with E-state index in [1.54, 1.807) is 0 Å². The Hall–Kier alpha value is -0.650. The normalized spacial score (nSPS) is 19.7. The first-order valence-electron chi connectivity index (χ1n) is 6.11. The molecule has 18 heavy (non-hydrogen) atoms. The summed E-state index contributed by atoms with van der Waals surface area (Å²) < 4.78 is 5.37. The molecule has 1 aromatic heterocycles. The van der Waals surface area contributed by atoms with Crippen LogP contribution in [0.15, 0.2) is 5.38 Å². The number of carbonyl (C=O) groups is 1. The molecule has 1 fully saturated rings. The molecule has 0 bridgehead atoms. The maximum absolute atomic E-state index is 11.7. The van der Waals surface area contributed by atoms with Crippen molar-refractivity contribution in [2.45, 2.75) is 25.1 Å². The topological polar surface area (TPSA) is 51.2 Å². The van der Waals surface area contributed by atoms with Crippen LogP contribution in [-0.4, -0.2) is 30.6 Å². The van der Waals surface area contributed by atoms with Gasteiger partial charge in [0, 0.05) is 18.5 Å². The van der Waals surface area contributed by atoms with Crippen LogP contribution in [0.4, 0.5) is 0 Å². The van der Waals surface area contributed by atoms with Gasteiger partial charge >= 0.3 is 0 Å². The summed E-state index contributed by atoms with van der Waals surface area (Å²) in [6.07, 6.45) is 2.56. The largest absolute Gasteiger partial charge is 0.381 e. The lowest BCUT2D eigenvalue weighted by atomic mass is 10.0. The monoisotopic (exact) mass is 288 g/mol. The first-order valence-corrected chi connectivity index (χ1v) is 7.53. The van der Waals surface area contributed by atoms with E-state index in [2.05, 4.69) is 10.3 Å². The van der Waals surface area contributed by atoms with Gasteiger partial charge in [-0.15, -0.1) is 22.9 Å². The van der Waals surface area contributed by atoms with Crippen molar-refractivity contribution in [1.29, 1.82) is 0 Å². The predicted octanol–water partition coefficient (Wildman–Crippen LogP) is 1.97. The zero-order valence-corrected chi connectivity index (χ0v) is 11.7. The van der Waals surface area contributed by atoms with E-state index in [0.717, 1.165) is 36.8 Å². The van der Waals surface area contributed by atoms with Gasteiger partial charge in [-0.2, -0.15) is 0 Å². The summed E-state index contributed by atoms with van der Waals surface area (Å²) in [4.78, 5) is 16.0. The lowest BCUT2D eigenvalue weighted by Crippen LogP contribution is -2.34. The Balaban J connectivity index is 1.71. The number of aromatic nitrogens is 1. The van der Waals surface area contributed by atoms with Gasteiger partial charge in [-0.25, -0.2) is 4.98 Å². The van der Waals surface area contributed by atoms with Gasteiger partial charge in [0.2, 0.25) is 5.91 Å². The Labute approximate surface area is 116 Å². The highest BCUT2D eigenvalue weighted by Crippen LogP contribution is 2.13. The highest BCUT2D eigenvalue weighted by atomic mass is 35.5. The number of halogens is 1. The van der Waals surface area contributed by atoms with E-state index < -0.39 is 0 Å². The molecule has 4 nitrogen and oxygen atoms in total. The molecule has 1 aliphatic rings. The Morgan fingerprint density at radius 2 is 2.56 bits per heavy atom. The number of ether oxygens (including phenoxy) is 1. The van der Waals surface area contributed by atoms with Crippen molar-refractivity contribution >= 4 is 28.8 Å². The average Bonchev–Trinajstić information content (AvgIpc) is 2.85. The minimum absolute atomic E-state index is 0.0241. The van der Waals surface area contributed by atoms with Crippen LogP contribution in [0.25, 0.3) is 0 Å². The van der Waals surface area contributed by atoms with E-state index in [9.17, 15) is 4.79 Å². The van der Waals surface area contributed by atoms with Gasteiger partial charge in [-0.1, -0.05) is 0 Å². The fourth-order valence-corrected chi connectivity index (χ4v) is 2.94. The van der Waals surface area contributed by atoms with E-state index in [0.29, 0.717) is 24.8 Å². The quantitative estimate of drug-likeness (QED) is 0.843. The SMILES string of the molecule is O=C(Cc1nc(CCl)cs1)NCC1CCCOC1. The Morgan fingerprint density at radius 1 is 1.67 bits per heavy atom. The van der Waals surface area contributed by atoms with Crippen LogP contribution in [0.3, 0.4) is 0 Å². The summed E-state index contributed by atoms with van der Waals surface area (Å²) in [5.41, 5.74) is 0.838. The number of hydrogen-bond acceptors (Lipinski definition) is 4. The molecule has 0 spiro atoms. The molecular formula is C12H17ClN2O2S. The molecule has 2 rings (SSSR count). The van der Waals surface area contributed by atoms with Crippen molar-refractivity contribution < 1.29 is 9.53 Å². The summed E-state index contributed by atoms with van der Waals surface area (Å²) in [5, 5.41) is 5.66. The van der Waals surface area contributed by atoms with Gasteiger partial charge in [-0.05, 0) is 18.8 Å². The lowest BCUT2D eigenvalue weighted by molar-refractivity contribution is -0.120. The van der Waals surface area contributed by atoms with Crippen molar-refractivity contribution in [3.05, 3.63) is 16.1 Å². The Bertz CT molecular complexity index is 391. The molecule has 0 aromatic carbocycles. The third-order valence-corrected chi connectivity index (χ3v) is 4.06. The maximum atomic E-state index is 11.7. The molecule has 2 heterocycles. The molecule has 1 amide bonds. The minimum Gasteiger partial charge on any atom is -0.381 e. The molecule has 1 unspecified atom stereocenters. The molecule has 6 heteroatoms. The standard InChI is InChI=1S/C12H17ClN2O2S/c13-5-10-8-18-12(15-10)4-11(16)14-6-9-2-1-3-17-7-9/h8-9H,1-7H2,(H,14,16). The Kier molecular flexibility index (Phi) is 5.41. The van der Waals surface area contributed by atoms with Crippen molar-refractivity contribution in [1.82, 2.24) is 10.3 Å². The van der Waals surface area contributed by atoms with Crippen LogP contribution in [0.2, 0.25) is 0 Å². The number of hydrogen-bond donors (Lipinski definition) is 1. The van der Waals surface area contributed by atoms with Crippen molar-refractivity contribution in [3.8, 4) is 0 Å². The van der Waals surface area contributed by atoms with Gasteiger partial charge in [0.1, 0.15) is 5.01 Å². The van der Waals surface area contributed by atoms with E-state index in [1.165, 1.54) is 11.3 Å². The van der Waals surface area contributed by atoms with Crippen LogP contribution in [0, 0.1) is 5.92 Å². The molecule has 1 aliphatic heterocycles. The summed E-state index contributed by atoms with van der Waals surface area (Å²) in [6, 6.07) is 0. The third-order valence-electron chi connectivity index (χ3n) is 2.89. The minimum atomic E-state index is 0.0241. The zero-order chi connectivity index (χ0) is 12.8. The van der Waals surface area contributed by atoms with Crippen molar-refractivity contribution in [2.75, 3.05) is 19.8 Å². The van der Waals surface area contributed by atoms with Gasteiger partial charge < -0.3 is 10.1 Å². The smallest absolute Gasteiger partial charge is 0.226 e.